The fourth-order valence-electron chi connectivity index (χ4n) is 1.82. The third-order valence-corrected chi connectivity index (χ3v) is 3.17. The Labute approximate surface area is 140 Å². The van der Waals surface area contributed by atoms with Gasteiger partial charge in [-0.15, -0.1) is 0 Å². The molecule has 0 aliphatic carbocycles. The normalized spacial score (nSPS) is 11.0. The van der Waals surface area contributed by atoms with Crippen molar-refractivity contribution in [2.75, 3.05) is 6.61 Å². The second-order valence-electron chi connectivity index (χ2n) is 4.78. The Kier molecular flexibility index (Phi) is 6.39. The average Bonchev–Trinajstić information content (AvgIpc) is 2.54. The fraction of sp³-hybridized carbons (Fsp3) is 0.111. The second kappa shape index (κ2) is 8.76. The summed E-state index contributed by atoms with van der Waals surface area (Å²) in [6, 6.07) is 15.0. The predicted octanol–water partition coefficient (Wildman–Crippen LogP) is 3.84. The van der Waals surface area contributed by atoms with Crippen LogP contribution < -0.4 is 10.2 Å². The minimum Gasteiger partial charge on any atom is -0.483 e. The zero-order chi connectivity index (χ0) is 16.5. The number of carbonyl (C=O) groups excluding carboxylic acids is 1. The van der Waals surface area contributed by atoms with Gasteiger partial charge in [-0.25, -0.2) is 5.43 Å². The monoisotopic (exact) mass is 328 g/mol. The number of nitrogens with zero attached hydrogens (tertiary/aromatic N) is 1. The molecule has 4 nitrogen and oxygen atoms in total. The molecule has 2 aromatic rings. The van der Waals surface area contributed by atoms with E-state index in [0.29, 0.717) is 10.8 Å². The summed E-state index contributed by atoms with van der Waals surface area (Å²) in [4.78, 5) is 11.6. The Morgan fingerprint density at radius 2 is 2.04 bits per heavy atom. The quantitative estimate of drug-likeness (QED) is 0.647. The third kappa shape index (κ3) is 5.96. The van der Waals surface area contributed by atoms with E-state index in [4.69, 9.17) is 16.3 Å². The SMILES string of the molecule is Cc1cc(Cl)ccc1OCC(=O)N/N=C/C=C/c1ccccc1. The van der Waals surface area contributed by atoms with Crippen molar-refractivity contribution in [3.8, 4) is 5.75 Å². The molecule has 0 atom stereocenters. The summed E-state index contributed by atoms with van der Waals surface area (Å²) in [5.41, 5.74) is 4.33. The van der Waals surface area contributed by atoms with Gasteiger partial charge in [0.2, 0.25) is 0 Å². The number of hydrogen-bond donors (Lipinski definition) is 1. The standard InChI is InChI=1S/C18H17ClN2O2/c1-14-12-16(19)9-10-17(14)23-13-18(22)21-20-11-5-8-15-6-3-2-4-7-15/h2-12H,13H2,1H3,(H,21,22)/b8-5+,20-11+. The van der Waals surface area contributed by atoms with Crippen molar-refractivity contribution in [1.29, 1.82) is 0 Å². The Bertz CT molecular complexity index is 712. The molecule has 0 aliphatic rings. The maximum Gasteiger partial charge on any atom is 0.277 e. The van der Waals surface area contributed by atoms with Crippen LogP contribution in [0.4, 0.5) is 0 Å². The van der Waals surface area contributed by atoms with Crippen molar-refractivity contribution >= 4 is 29.8 Å². The summed E-state index contributed by atoms with van der Waals surface area (Å²) in [5.74, 6) is 0.293. The molecule has 2 aromatic carbocycles. The van der Waals surface area contributed by atoms with E-state index in [1.807, 2.05) is 43.3 Å². The molecule has 1 N–H and O–H groups in total. The molecule has 5 heteroatoms. The molecular formula is C18H17ClN2O2. The van der Waals surface area contributed by atoms with Gasteiger partial charge in [-0.3, -0.25) is 4.79 Å². The van der Waals surface area contributed by atoms with Crippen LogP contribution >= 0.6 is 11.6 Å². The van der Waals surface area contributed by atoms with E-state index in [-0.39, 0.29) is 12.5 Å². The molecule has 0 fully saturated rings. The van der Waals surface area contributed by atoms with Crippen molar-refractivity contribution < 1.29 is 9.53 Å². The molecule has 0 unspecified atom stereocenters. The highest BCUT2D eigenvalue weighted by molar-refractivity contribution is 6.30. The van der Waals surface area contributed by atoms with Crippen molar-refractivity contribution in [3.63, 3.8) is 0 Å². The number of nitrogens with one attached hydrogen (secondary N) is 1. The minimum atomic E-state index is -0.330. The van der Waals surface area contributed by atoms with Crippen molar-refractivity contribution in [1.82, 2.24) is 5.43 Å². The molecule has 1 amide bonds. The summed E-state index contributed by atoms with van der Waals surface area (Å²) in [6.07, 6.45) is 5.15. The zero-order valence-corrected chi connectivity index (χ0v) is 13.5. The van der Waals surface area contributed by atoms with E-state index in [1.165, 1.54) is 6.21 Å². The number of ether oxygens (including phenoxy) is 1. The molecule has 0 bridgehead atoms. The van der Waals surface area contributed by atoms with Gasteiger partial charge in [-0.2, -0.15) is 5.10 Å². The molecule has 0 heterocycles. The van der Waals surface area contributed by atoms with Gasteiger partial charge in [-0.05, 0) is 42.3 Å². The first-order chi connectivity index (χ1) is 11.1. The Hall–Kier alpha value is -2.59. The molecule has 0 saturated carbocycles. The van der Waals surface area contributed by atoms with Crippen LogP contribution in [-0.2, 0) is 4.79 Å². The van der Waals surface area contributed by atoms with Crippen LogP contribution in [0.2, 0.25) is 5.02 Å². The van der Waals surface area contributed by atoms with Crippen LogP contribution in [0.1, 0.15) is 11.1 Å². The topological polar surface area (TPSA) is 50.7 Å². The molecule has 0 radical (unpaired) electrons. The summed E-state index contributed by atoms with van der Waals surface area (Å²) >= 11 is 5.86. The maximum atomic E-state index is 11.6. The lowest BCUT2D eigenvalue weighted by atomic mass is 10.2. The van der Waals surface area contributed by atoms with Gasteiger partial charge < -0.3 is 4.74 Å². The highest BCUT2D eigenvalue weighted by Crippen LogP contribution is 2.21. The first-order valence-corrected chi connectivity index (χ1v) is 7.45. The number of rotatable bonds is 6. The lowest BCUT2D eigenvalue weighted by Gasteiger charge is -2.08. The molecule has 0 aliphatic heterocycles. The summed E-state index contributed by atoms with van der Waals surface area (Å²) in [6.45, 7) is 1.76. The average molecular weight is 329 g/mol. The van der Waals surface area contributed by atoms with Gasteiger partial charge in [0.25, 0.3) is 5.91 Å². The molecule has 23 heavy (non-hydrogen) atoms. The van der Waals surface area contributed by atoms with Gasteiger partial charge in [0.1, 0.15) is 5.75 Å². The fourth-order valence-corrected chi connectivity index (χ4v) is 2.05. The maximum absolute atomic E-state index is 11.6. The Morgan fingerprint density at radius 3 is 2.78 bits per heavy atom. The van der Waals surface area contributed by atoms with Crippen LogP contribution in [0.25, 0.3) is 6.08 Å². The number of aryl methyl sites for hydroxylation is 1. The zero-order valence-electron chi connectivity index (χ0n) is 12.7. The van der Waals surface area contributed by atoms with Crippen molar-refractivity contribution in [2.45, 2.75) is 6.92 Å². The number of hydrazone groups is 1. The largest absolute Gasteiger partial charge is 0.483 e. The van der Waals surface area contributed by atoms with E-state index in [2.05, 4.69) is 10.5 Å². The van der Waals surface area contributed by atoms with E-state index in [0.717, 1.165) is 11.1 Å². The first-order valence-electron chi connectivity index (χ1n) is 7.08. The second-order valence-corrected chi connectivity index (χ2v) is 5.22. The van der Waals surface area contributed by atoms with Crippen LogP contribution in [0.5, 0.6) is 5.75 Å². The van der Waals surface area contributed by atoms with Crippen LogP contribution in [-0.4, -0.2) is 18.7 Å². The van der Waals surface area contributed by atoms with Gasteiger partial charge in [0, 0.05) is 11.2 Å². The van der Waals surface area contributed by atoms with E-state index in [9.17, 15) is 4.79 Å². The lowest BCUT2D eigenvalue weighted by molar-refractivity contribution is -0.123. The van der Waals surface area contributed by atoms with Gasteiger partial charge in [0.05, 0.1) is 0 Å². The molecule has 2 rings (SSSR count). The van der Waals surface area contributed by atoms with E-state index < -0.39 is 0 Å². The smallest absolute Gasteiger partial charge is 0.277 e. The molecule has 0 spiro atoms. The van der Waals surface area contributed by atoms with Crippen molar-refractivity contribution in [3.05, 3.63) is 70.8 Å². The number of benzene rings is 2. The molecular weight excluding hydrogens is 312 g/mol. The van der Waals surface area contributed by atoms with Crippen LogP contribution in [0, 0.1) is 6.92 Å². The van der Waals surface area contributed by atoms with E-state index >= 15 is 0 Å². The molecule has 118 valence electrons. The number of allylic oxidation sites excluding steroid dienone is 1. The highest BCUT2D eigenvalue weighted by Gasteiger charge is 2.04. The number of hydrogen-bond acceptors (Lipinski definition) is 3. The summed E-state index contributed by atoms with van der Waals surface area (Å²) in [5, 5.41) is 4.46. The highest BCUT2D eigenvalue weighted by atomic mass is 35.5. The number of amides is 1. The first kappa shape index (κ1) is 16.8. The summed E-state index contributed by atoms with van der Waals surface area (Å²) in [7, 11) is 0. The third-order valence-electron chi connectivity index (χ3n) is 2.93. The number of carbonyl (C=O) groups is 1. The lowest BCUT2D eigenvalue weighted by Crippen LogP contribution is -2.24. The predicted molar refractivity (Wildman–Crippen MR) is 93.8 cm³/mol. The Balaban J connectivity index is 1.74. The van der Waals surface area contributed by atoms with E-state index in [1.54, 1.807) is 24.3 Å². The molecule has 0 aromatic heterocycles. The molecule has 0 saturated heterocycles. The minimum absolute atomic E-state index is 0.109. The van der Waals surface area contributed by atoms with Crippen LogP contribution in [0.15, 0.2) is 59.7 Å². The van der Waals surface area contributed by atoms with Gasteiger partial charge in [-0.1, -0.05) is 48.0 Å². The van der Waals surface area contributed by atoms with Crippen LogP contribution in [0.3, 0.4) is 0 Å². The Morgan fingerprint density at radius 1 is 1.26 bits per heavy atom. The van der Waals surface area contributed by atoms with Gasteiger partial charge in [0.15, 0.2) is 6.61 Å². The van der Waals surface area contributed by atoms with Crippen molar-refractivity contribution in [2.24, 2.45) is 5.10 Å². The number of halogens is 1. The summed E-state index contributed by atoms with van der Waals surface area (Å²) < 4.78 is 5.42. The van der Waals surface area contributed by atoms with Gasteiger partial charge >= 0.3 is 0 Å².